The molecule has 0 saturated heterocycles. The molecule has 0 aliphatic carbocycles. The number of nitrogens with one attached hydrogen (secondary N) is 2. The number of hydrogen-bond acceptors (Lipinski definition) is 10. The maximum atomic E-state index is 11.7. The number of carbonyl (C=O) groups excluding carboxylic acids is 1. The summed E-state index contributed by atoms with van der Waals surface area (Å²) in [5.74, 6) is -0.147. The third-order valence-corrected chi connectivity index (χ3v) is 4.99. The molecule has 0 aliphatic heterocycles. The van der Waals surface area contributed by atoms with E-state index in [-0.39, 0.29) is 39.7 Å². The number of carbonyl (C=O) groups is 1. The van der Waals surface area contributed by atoms with Crippen molar-refractivity contribution in [2.45, 2.75) is 13.0 Å². The standard InChI is InChI=1S/C18H18BrClN6O7/c1-9(27)22-13-5-15(21-8-11(28)7-20)17(33-2)6-14(13)23-24-18-12(19)3-10(25(29)30)4-16(18)26(31)32/h3-6,11,21,28H,7-8H2,1-2H3,(H,22,27). The molecule has 2 rings (SSSR count). The van der Waals surface area contributed by atoms with Crippen molar-refractivity contribution in [3.8, 4) is 5.75 Å². The van der Waals surface area contributed by atoms with Crippen molar-refractivity contribution in [2.75, 3.05) is 30.2 Å². The van der Waals surface area contributed by atoms with Crippen LogP contribution in [0.1, 0.15) is 6.92 Å². The van der Waals surface area contributed by atoms with Gasteiger partial charge in [0.15, 0.2) is 5.69 Å². The molecule has 1 unspecified atom stereocenters. The lowest BCUT2D eigenvalue weighted by atomic mass is 10.2. The number of nitro benzene ring substituents is 2. The summed E-state index contributed by atoms with van der Waals surface area (Å²) >= 11 is 8.64. The van der Waals surface area contributed by atoms with Crippen LogP contribution in [0.2, 0.25) is 0 Å². The van der Waals surface area contributed by atoms with Crippen LogP contribution in [-0.4, -0.2) is 46.5 Å². The van der Waals surface area contributed by atoms with Gasteiger partial charge in [-0.15, -0.1) is 21.8 Å². The van der Waals surface area contributed by atoms with Gasteiger partial charge in [-0.3, -0.25) is 25.0 Å². The second kappa shape index (κ2) is 11.5. The van der Waals surface area contributed by atoms with E-state index in [4.69, 9.17) is 16.3 Å². The second-order valence-electron chi connectivity index (χ2n) is 6.45. The van der Waals surface area contributed by atoms with E-state index in [2.05, 4.69) is 36.8 Å². The highest BCUT2D eigenvalue weighted by molar-refractivity contribution is 9.10. The fourth-order valence-electron chi connectivity index (χ4n) is 2.55. The number of ether oxygens (including phenoxy) is 1. The molecule has 0 aliphatic rings. The maximum Gasteiger partial charge on any atom is 0.304 e. The predicted octanol–water partition coefficient (Wildman–Crippen LogP) is 4.66. The number of aliphatic hydroxyl groups excluding tert-OH is 1. The summed E-state index contributed by atoms with van der Waals surface area (Å²) in [6, 6.07) is 4.72. The molecule has 13 nitrogen and oxygen atoms in total. The number of aliphatic hydroxyl groups is 1. The second-order valence-corrected chi connectivity index (χ2v) is 7.61. The average molecular weight is 546 g/mol. The number of methoxy groups -OCH3 is 1. The Morgan fingerprint density at radius 2 is 1.91 bits per heavy atom. The molecular formula is C18H18BrClN6O7. The zero-order valence-electron chi connectivity index (χ0n) is 17.2. The first kappa shape index (κ1) is 25.9. The molecule has 1 amide bonds. The van der Waals surface area contributed by atoms with Gasteiger partial charge < -0.3 is 20.5 Å². The highest BCUT2D eigenvalue weighted by atomic mass is 79.9. The largest absolute Gasteiger partial charge is 0.495 e. The van der Waals surface area contributed by atoms with Gasteiger partial charge in [0.1, 0.15) is 11.4 Å². The van der Waals surface area contributed by atoms with Crippen LogP contribution >= 0.6 is 27.5 Å². The minimum Gasteiger partial charge on any atom is -0.495 e. The van der Waals surface area contributed by atoms with Crippen LogP contribution in [0.3, 0.4) is 0 Å². The summed E-state index contributed by atoms with van der Waals surface area (Å²) < 4.78 is 5.29. The molecular weight excluding hydrogens is 528 g/mol. The van der Waals surface area contributed by atoms with Crippen LogP contribution in [0, 0.1) is 20.2 Å². The zero-order chi connectivity index (χ0) is 24.7. The highest BCUT2D eigenvalue weighted by Gasteiger charge is 2.24. The summed E-state index contributed by atoms with van der Waals surface area (Å²) in [7, 11) is 1.38. The van der Waals surface area contributed by atoms with Crippen molar-refractivity contribution in [2.24, 2.45) is 10.2 Å². The van der Waals surface area contributed by atoms with Gasteiger partial charge in [0.05, 0.1) is 50.9 Å². The number of nitrogens with zero attached hydrogens (tertiary/aromatic N) is 4. The van der Waals surface area contributed by atoms with Gasteiger partial charge in [-0.2, -0.15) is 0 Å². The van der Waals surface area contributed by atoms with E-state index in [1.165, 1.54) is 26.2 Å². The summed E-state index contributed by atoms with van der Waals surface area (Å²) in [5, 5.41) is 45.5. The lowest BCUT2D eigenvalue weighted by Crippen LogP contribution is -2.21. The van der Waals surface area contributed by atoms with E-state index in [0.717, 1.165) is 12.1 Å². The number of halogens is 2. The molecule has 0 bridgehead atoms. The van der Waals surface area contributed by atoms with Crippen molar-refractivity contribution in [1.29, 1.82) is 0 Å². The van der Waals surface area contributed by atoms with E-state index in [1.807, 2.05) is 0 Å². The molecule has 2 aromatic rings. The number of amides is 1. The number of anilines is 2. The maximum absolute atomic E-state index is 11.7. The molecule has 3 N–H and O–H groups in total. The summed E-state index contributed by atoms with van der Waals surface area (Å²) in [4.78, 5) is 32.5. The summed E-state index contributed by atoms with van der Waals surface area (Å²) in [6.45, 7) is 1.37. The fraction of sp³-hybridized carbons (Fsp3) is 0.278. The van der Waals surface area contributed by atoms with Crippen molar-refractivity contribution < 1.29 is 24.5 Å². The lowest BCUT2D eigenvalue weighted by molar-refractivity contribution is -0.393. The summed E-state index contributed by atoms with van der Waals surface area (Å²) in [6.07, 6.45) is -0.833. The number of hydrogen-bond donors (Lipinski definition) is 3. The fourth-order valence-corrected chi connectivity index (χ4v) is 3.18. The molecule has 0 heterocycles. The Bertz CT molecular complexity index is 1110. The van der Waals surface area contributed by atoms with Crippen LogP contribution in [0.5, 0.6) is 5.75 Å². The Morgan fingerprint density at radius 3 is 2.45 bits per heavy atom. The molecule has 2 aromatic carbocycles. The smallest absolute Gasteiger partial charge is 0.304 e. The Morgan fingerprint density at radius 1 is 1.21 bits per heavy atom. The quantitative estimate of drug-likeness (QED) is 0.167. The van der Waals surface area contributed by atoms with Gasteiger partial charge in [0.2, 0.25) is 5.91 Å². The molecule has 15 heteroatoms. The van der Waals surface area contributed by atoms with Gasteiger partial charge in [0.25, 0.3) is 5.69 Å². The van der Waals surface area contributed by atoms with Crippen molar-refractivity contribution in [1.82, 2.24) is 0 Å². The minimum absolute atomic E-state index is 0.00304. The van der Waals surface area contributed by atoms with Crippen LogP contribution in [0.25, 0.3) is 0 Å². The molecule has 33 heavy (non-hydrogen) atoms. The SMILES string of the molecule is COc1cc(N=Nc2c(Br)cc([N+](=O)[O-])cc2[N+](=O)[O-])c(NC(C)=O)cc1NCC(O)CCl. The Labute approximate surface area is 200 Å². The number of alkyl halides is 1. The van der Waals surface area contributed by atoms with E-state index in [9.17, 15) is 30.1 Å². The summed E-state index contributed by atoms with van der Waals surface area (Å²) in [5.41, 5.74) is -0.706. The lowest BCUT2D eigenvalue weighted by Gasteiger charge is -2.16. The van der Waals surface area contributed by atoms with Gasteiger partial charge in [-0.25, -0.2) is 0 Å². The van der Waals surface area contributed by atoms with Gasteiger partial charge in [-0.05, 0) is 22.0 Å². The van der Waals surface area contributed by atoms with Crippen LogP contribution in [0.15, 0.2) is 39.0 Å². The molecule has 0 radical (unpaired) electrons. The first-order chi connectivity index (χ1) is 15.6. The Hall–Kier alpha value is -3.36. The molecule has 0 saturated carbocycles. The third-order valence-electron chi connectivity index (χ3n) is 4.03. The molecule has 0 spiro atoms. The minimum atomic E-state index is -0.833. The van der Waals surface area contributed by atoms with E-state index >= 15 is 0 Å². The number of nitro groups is 2. The molecule has 0 fully saturated rings. The van der Waals surface area contributed by atoms with Gasteiger partial charge in [0, 0.05) is 25.6 Å². The highest BCUT2D eigenvalue weighted by Crippen LogP contribution is 2.42. The normalized spacial score (nSPS) is 11.8. The monoisotopic (exact) mass is 544 g/mol. The van der Waals surface area contributed by atoms with Gasteiger partial charge >= 0.3 is 5.69 Å². The van der Waals surface area contributed by atoms with Gasteiger partial charge in [-0.1, -0.05) is 0 Å². The molecule has 176 valence electrons. The van der Waals surface area contributed by atoms with E-state index < -0.39 is 33.2 Å². The third kappa shape index (κ3) is 6.81. The Balaban J connectivity index is 2.56. The van der Waals surface area contributed by atoms with Crippen LogP contribution in [0.4, 0.5) is 34.1 Å². The average Bonchev–Trinajstić information content (AvgIpc) is 2.76. The number of non-ortho nitro benzene ring substituents is 1. The number of benzene rings is 2. The molecule has 1 atom stereocenters. The first-order valence-electron chi connectivity index (χ1n) is 9.09. The molecule has 0 aromatic heterocycles. The van der Waals surface area contributed by atoms with Crippen LogP contribution in [-0.2, 0) is 4.79 Å². The van der Waals surface area contributed by atoms with Crippen molar-refractivity contribution >= 4 is 67.6 Å². The van der Waals surface area contributed by atoms with Crippen molar-refractivity contribution in [3.63, 3.8) is 0 Å². The van der Waals surface area contributed by atoms with E-state index in [1.54, 1.807) is 0 Å². The number of azo groups is 1. The topological polar surface area (TPSA) is 182 Å². The number of rotatable bonds is 10. The van der Waals surface area contributed by atoms with Crippen molar-refractivity contribution in [3.05, 3.63) is 49.0 Å². The van der Waals surface area contributed by atoms with Crippen LogP contribution < -0.4 is 15.4 Å². The first-order valence-corrected chi connectivity index (χ1v) is 10.4. The zero-order valence-corrected chi connectivity index (χ0v) is 19.6. The predicted molar refractivity (Wildman–Crippen MR) is 124 cm³/mol. The van der Waals surface area contributed by atoms with E-state index in [0.29, 0.717) is 5.69 Å². The Kier molecular flexibility index (Phi) is 9.02.